The molecule has 3 rings (SSSR count). The number of ketones is 1. The Bertz CT molecular complexity index is 1100. The van der Waals surface area contributed by atoms with Gasteiger partial charge in [-0.1, -0.05) is 24.3 Å². The van der Waals surface area contributed by atoms with Crippen molar-refractivity contribution in [3.05, 3.63) is 106 Å². The molecule has 0 aliphatic rings. The van der Waals surface area contributed by atoms with Crippen LogP contribution in [0.2, 0.25) is 0 Å². The van der Waals surface area contributed by atoms with Crippen LogP contribution in [0.15, 0.2) is 78.9 Å². The molecule has 0 aliphatic heterocycles. The van der Waals surface area contributed by atoms with Gasteiger partial charge in [0.2, 0.25) is 0 Å². The Morgan fingerprint density at radius 1 is 0.900 bits per heavy atom. The number of esters is 1. The van der Waals surface area contributed by atoms with E-state index < -0.39 is 10.9 Å². The van der Waals surface area contributed by atoms with Gasteiger partial charge in [-0.2, -0.15) is 0 Å². The molecular formula is C23H17NO6. The second-order valence-electron chi connectivity index (χ2n) is 6.19. The second-order valence-corrected chi connectivity index (χ2v) is 6.19. The molecule has 0 unspecified atom stereocenters. The summed E-state index contributed by atoms with van der Waals surface area (Å²) < 4.78 is 10.3. The highest BCUT2D eigenvalue weighted by Crippen LogP contribution is 2.18. The highest BCUT2D eigenvalue weighted by Gasteiger charge is 2.13. The maximum atomic E-state index is 12.3. The molecule has 30 heavy (non-hydrogen) atoms. The number of non-ortho nitro benzene ring substituents is 1. The van der Waals surface area contributed by atoms with E-state index in [0.29, 0.717) is 5.56 Å². The molecule has 3 aromatic rings. The predicted octanol–water partition coefficient (Wildman–Crippen LogP) is 4.72. The fourth-order valence-electron chi connectivity index (χ4n) is 2.58. The Kier molecular flexibility index (Phi) is 6.34. The van der Waals surface area contributed by atoms with Crippen LogP contribution in [0.5, 0.6) is 11.5 Å². The maximum absolute atomic E-state index is 12.3. The van der Waals surface area contributed by atoms with Gasteiger partial charge in [-0.15, -0.1) is 0 Å². The fourth-order valence-corrected chi connectivity index (χ4v) is 2.58. The molecule has 0 amide bonds. The van der Waals surface area contributed by atoms with E-state index in [1.807, 2.05) is 12.1 Å². The van der Waals surface area contributed by atoms with Crippen LogP contribution in [0.25, 0.3) is 6.08 Å². The van der Waals surface area contributed by atoms with E-state index in [0.717, 1.165) is 17.4 Å². The average Bonchev–Trinajstić information content (AvgIpc) is 2.78. The van der Waals surface area contributed by atoms with Gasteiger partial charge in [0, 0.05) is 17.7 Å². The molecule has 150 valence electrons. The van der Waals surface area contributed by atoms with Crippen molar-refractivity contribution in [2.45, 2.75) is 0 Å². The molecule has 0 N–H and O–H groups in total. The van der Waals surface area contributed by atoms with E-state index in [1.54, 1.807) is 25.3 Å². The number of carbonyl (C=O) groups excluding carboxylic acids is 2. The summed E-state index contributed by atoms with van der Waals surface area (Å²) in [6.45, 7) is 0. The zero-order chi connectivity index (χ0) is 21.5. The van der Waals surface area contributed by atoms with E-state index in [2.05, 4.69) is 0 Å². The lowest BCUT2D eigenvalue weighted by Gasteiger charge is -2.05. The molecule has 0 fully saturated rings. The van der Waals surface area contributed by atoms with Gasteiger partial charge >= 0.3 is 5.97 Å². The van der Waals surface area contributed by atoms with Crippen molar-refractivity contribution in [3.8, 4) is 11.5 Å². The SMILES string of the molecule is COc1ccc(/C=C/C(=O)c2ccc(OC(=O)c3cccc([N+](=O)[O-])c3)cc2)cc1. The average molecular weight is 403 g/mol. The Labute approximate surface area is 172 Å². The van der Waals surface area contributed by atoms with Crippen LogP contribution in [0.1, 0.15) is 26.3 Å². The van der Waals surface area contributed by atoms with Crippen LogP contribution in [0.4, 0.5) is 5.69 Å². The summed E-state index contributed by atoms with van der Waals surface area (Å²) >= 11 is 0. The van der Waals surface area contributed by atoms with Crippen molar-refractivity contribution in [1.29, 1.82) is 0 Å². The fraction of sp³-hybridized carbons (Fsp3) is 0.0435. The number of methoxy groups -OCH3 is 1. The van der Waals surface area contributed by atoms with Crippen LogP contribution in [0, 0.1) is 10.1 Å². The van der Waals surface area contributed by atoms with Crippen molar-refractivity contribution in [2.24, 2.45) is 0 Å². The summed E-state index contributed by atoms with van der Waals surface area (Å²) in [5.74, 6) is 0.0236. The first-order valence-electron chi connectivity index (χ1n) is 8.89. The Morgan fingerprint density at radius 2 is 1.57 bits per heavy atom. The molecule has 7 heteroatoms. The number of allylic oxidation sites excluding steroid dienone is 1. The number of hydrogen-bond acceptors (Lipinski definition) is 6. The molecular weight excluding hydrogens is 386 g/mol. The summed E-state index contributed by atoms with van der Waals surface area (Å²) in [6.07, 6.45) is 3.14. The van der Waals surface area contributed by atoms with Gasteiger partial charge in [0.25, 0.3) is 5.69 Å². The Balaban J connectivity index is 1.64. The molecule has 0 aliphatic carbocycles. The van der Waals surface area contributed by atoms with Crippen LogP contribution < -0.4 is 9.47 Å². The van der Waals surface area contributed by atoms with Gasteiger partial charge in [0.05, 0.1) is 17.6 Å². The van der Waals surface area contributed by atoms with Crippen molar-refractivity contribution in [3.63, 3.8) is 0 Å². The third kappa shape index (κ3) is 5.17. The normalized spacial score (nSPS) is 10.6. The Hall–Kier alpha value is -4.26. The molecule has 0 bridgehead atoms. The highest BCUT2D eigenvalue weighted by atomic mass is 16.6. The quantitative estimate of drug-likeness (QED) is 0.141. The second kappa shape index (κ2) is 9.29. The van der Waals surface area contributed by atoms with Crippen molar-refractivity contribution >= 4 is 23.5 Å². The number of nitrogens with zero attached hydrogens (tertiary/aromatic N) is 1. The zero-order valence-electron chi connectivity index (χ0n) is 16.0. The number of nitro groups is 1. The van der Waals surface area contributed by atoms with E-state index in [-0.39, 0.29) is 22.8 Å². The third-order valence-corrected chi connectivity index (χ3v) is 4.19. The van der Waals surface area contributed by atoms with Crippen LogP contribution in [0.3, 0.4) is 0 Å². The molecule has 0 heterocycles. The molecule has 0 atom stereocenters. The topological polar surface area (TPSA) is 95.7 Å². The lowest BCUT2D eigenvalue weighted by Crippen LogP contribution is -2.09. The van der Waals surface area contributed by atoms with E-state index in [4.69, 9.17) is 9.47 Å². The maximum Gasteiger partial charge on any atom is 0.343 e. The van der Waals surface area contributed by atoms with Gasteiger partial charge in [-0.3, -0.25) is 14.9 Å². The number of rotatable bonds is 7. The van der Waals surface area contributed by atoms with Crippen LogP contribution in [-0.2, 0) is 0 Å². The summed E-state index contributed by atoms with van der Waals surface area (Å²) in [5.41, 5.74) is 1.14. The summed E-state index contributed by atoms with van der Waals surface area (Å²) in [7, 11) is 1.58. The largest absolute Gasteiger partial charge is 0.497 e. The lowest BCUT2D eigenvalue weighted by molar-refractivity contribution is -0.384. The standard InChI is InChI=1S/C23H17NO6/c1-29-20-10-5-16(6-11-20)7-14-22(25)17-8-12-21(13-9-17)30-23(26)18-3-2-4-19(15-18)24(27)28/h2-15H,1H3/b14-7+. The monoisotopic (exact) mass is 403 g/mol. The molecule has 3 aromatic carbocycles. The molecule has 7 nitrogen and oxygen atoms in total. The summed E-state index contributed by atoms with van der Waals surface area (Å²) in [4.78, 5) is 34.7. The molecule has 0 radical (unpaired) electrons. The number of ether oxygens (including phenoxy) is 2. The number of benzene rings is 3. The van der Waals surface area contributed by atoms with Crippen LogP contribution >= 0.6 is 0 Å². The van der Waals surface area contributed by atoms with E-state index in [1.165, 1.54) is 48.5 Å². The van der Waals surface area contributed by atoms with E-state index >= 15 is 0 Å². The van der Waals surface area contributed by atoms with Crippen molar-refractivity contribution in [2.75, 3.05) is 7.11 Å². The summed E-state index contributed by atoms with van der Waals surface area (Å²) in [6, 6.07) is 18.6. The predicted molar refractivity (Wildman–Crippen MR) is 111 cm³/mol. The van der Waals surface area contributed by atoms with Gasteiger partial charge in [-0.25, -0.2) is 4.79 Å². The molecule has 0 aromatic heterocycles. The first kappa shape index (κ1) is 20.5. The summed E-state index contributed by atoms with van der Waals surface area (Å²) in [5, 5.41) is 10.8. The zero-order valence-corrected chi connectivity index (χ0v) is 16.0. The third-order valence-electron chi connectivity index (χ3n) is 4.19. The number of carbonyl (C=O) groups is 2. The molecule has 0 saturated heterocycles. The minimum Gasteiger partial charge on any atom is -0.497 e. The van der Waals surface area contributed by atoms with Gasteiger partial charge in [-0.05, 0) is 54.1 Å². The van der Waals surface area contributed by atoms with Gasteiger partial charge in [0.1, 0.15) is 11.5 Å². The Morgan fingerprint density at radius 3 is 2.20 bits per heavy atom. The first-order valence-corrected chi connectivity index (χ1v) is 8.89. The number of hydrogen-bond donors (Lipinski definition) is 0. The smallest absolute Gasteiger partial charge is 0.343 e. The van der Waals surface area contributed by atoms with Crippen molar-refractivity contribution in [1.82, 2.24) is 0 Å². The van der Waals surface area contributed by atoms with Crippen LogP contribution in [-0.4, -0.2) is 23.8 Å². The van der Waals surface area contributed by atoms with E-state index in [9.17, 15) is 19.7 Å². The highest BCUT2D eigenvalue weighted by molar-refractivity contribution is 6.06. The number of nitro benzene ring substituents is 1. The van der Waals surface area contributed by atoms with Gasteiger partial charge in [0.15, 0.2) is 5.78 Å². The van der Waals surface area contributed by atoms with Gasteiger partial charge < -0.3 is 9.47 Å². The minimum atomic E-state index is -0.725. The molecule has 0 spiro atoms. The lowest BCUT2D eigenvalue weighted by atomic mass is 10.1. The first-order chi connectivity index (χ1) is 14.5. The van der Waals surface area contributed by atoms with Crippen molar-refractivity contribution < 1.29 is 24.0 Å². The molecule has 0 saturated carbocycles. The minimum absolute atomic E-state index is 0.0618.